The number of hydrogen-bond donors (Lipinski definition) is 1. The molecule has 0 aliphatic heterocycles. The van der Waals surface area contributed by atoms with Crippen LogP contribution in [-0.2, 0) is 14.3 Å². The van der Waals surface area contributed by atoms with Gasteiger partial charge in [-0.2, -0.15) is 0 Å². The zero-order chi connectivity index (χ0) is 18.6. The molecule has 0 spiro atoms. The highest BCUT2D eigenvalue weighted by Gasteiger charge is 2.07. The van der Waals surface area contributed by atoms with Crippen molar-refractivity contribution in [3.63, 3.8) is 0 Å². The number of ether oxygens (including phenoxy) is 3. The third-order valence-corrected chi connectivity index (χ3v) is 3.91. The quantitative estimate of drug-likeness (QED) is 0.608. The molecule has 2 aromatic carbocycles. The number of methoxy groups -OCH3 is 1. The first kappa shape index (κ1) is 20.2. The Morgan fingerprint density at radius 3 is 2.58 bits per heavy atom. The maximum absolute atomic E-state index is 11.8. The Balaban J connectivity index is 1.71. The lowest BCUT2D eigenvalue weighted by Gasteiger charge is -2.10. The Morgan fingerprint density at radius 2 is 1.85 bits per heavy atom. The number of carbonyl (C=O) groups excluding carboxylic acids is 1. The second kappa shape index (κ2) is 11.5. The monoisotopic (exact) mass is 377 g/mol. The third-order valence-electron chi connectivity index (χ3n) is 3.62. The molecule has 0 saturated heterocycles. The average Bonchev–Trinajstić information content (AvgIpc) is 2.67. The molecule has 1 N–H and O–H groups in total. The van der Waals surface area contributed by atoms with Crippen molar-refractivity contribution in [2.75, 3.05) is 40.1 Å². The van der Waals surface area contributed by atoms with Crippen LogP contribution < -0.4 is 10.1 Å². The Hall–Kier alpha value is -2.08. The van der Waals surface area contributed by atoms with Crippen molar-refractivity contribution in [3.05, 3.63) is 53.6 Å². The molecule has 140 valence electrons. The van der Waals surface area contributed by atoms with E-state index in [-0.39, 0.29) is 12.5 Å². The molecule has 2 aromatic rings. The van der Waals surface area contributed by atoms with Crippen molar-refractivity contribution in [1.29, 1.82) is 0 Å². The highest BCUT2D eigenvalue weighted by Crippen LogP contribution is 2.30. The molecule has 0 atom stereocenters. The molecule has 0 radical (unpaired) electrons. The molecular formula is C20H24ClNO4. The van der Waals surface area contributed by atoms with E-state index in [0.717, 1.165) is 17.5 Å². The predicted octanol–water partition coefficient (Wildman–Crippen LogP) is 3.56. The van der Waals surface area contributed by atoms with E-state index in [1.165, 1.54) is 0 Å². The van der Waals surface area contributed by atoms with Gasteiger partial charge in [0.25, 0.3) is 5.91 Å². The van der Waals surface area contributed by atoms with E-state index in [1.54, 1.807) is 13.2 Å². The van der Waals surface area contributed by atoms with Crippen molar-refractivity contribution in [3.8, 4) is 16.9 Å². The third kappa shape index (κ3) is 7.04. The second-order valence-corrected chi connectivity index (χ2v) is 6.02. The van der Waals surface area contributed by atoms with Gasteiger partial charge in [0.05, 0.1) is 18.2 Å². The van der Waals surface area contributed by atoms with Crippen LogP contribution >= 0.6 is 11.6 Å². The minimum Gasteiger partial charge on any atom is -0.482 e. The summed E-state index contributed by atoms with van der Waals surface area (Å²) in [6.07, 6.45) is 0.738. The number of hydrogen-bond acceptors (Lipinski definition) is 4. The van der Waals surface area contributed by atoms with Crippen molar-refractivity contribution in [1.82, 2.24) is 5.32 Å². The molecule has 0 aromatic heterocycles. The molecule has 0 fully saturated rings. The lowest BCUT2D eigenvalue weighted by atomic mass is 10.1. The fourth-order valence-corrected chi connectivity index (χ4v) is 2.50. The summed E-state index contributed by atoms with van der Waals surface area (Å²) in [5.74, 6) is 0.300. The fourth-order valence-electron chi connectivity index (χ4n) is 2.27. The van der Waals surface area contributed by atoms with Gasteiger partial charge in [0.15, 0.2) is 6.61 Å². The van der Waals surface area contributed by atoms with E-state index in [0.29, 0.717) is 37.1 Å². The summed E-state index contributed by atoms with van der Waals surface area (Å²) in [5.41, 5.74) is 2.08. The minimum absolute atomic E-state index is 0.0745. The number of amides is 1. The number of carbonyl (C=O) groups is 1. The first-order valence-corrected chi connectivity index (χ1v) is 8.89. The van der Waals surface area contributed by atoms with Crippen LogP contribution in [0, 0.1) is 0 Å². The molecule has 5 nitrogen and oxygen atoms in total. The van der Waals surface area contributed by atoms with Crippen molar-refractivity contribution in [2.45, 2.75) is 6.42 Å². The van der Waals surface area contributed by atoms with E-state index in [1.807, 2.05) is 42.5 Å². The molecule has 0 aliphatic rings. The summed E-state index contributed by atoms with van der Waals surface area (Å²) >= 11 is 6.27. The normalized spacial score (nSPS) is 10.5. The second-order valence-electron chi connectivity index (χ2n) is 5.61. The van der Waals surface area contributed by atoms with Gasteiger partial charge in [-0.15, -0.1) is 0 Å². The van der Waals surface area contributed by atoms with Gasteiger partial charge in [0.1, 0.15) is 5.75 Å². The van der Waals surface area contributed by atoms with Crippen LogP contribution in [0.25, 0.3) is 11.1 Å². The topological polar surface area (TPSA) is 56.8 Å². The number of nitrogens with one attached hydrogen (secondary N) is 1. The lowest BCUT2D eigenvalue weighted by Crippen LogP contribution is -2.30. The van der Waals surface area contributed by atoms with Crippen LogP contribution in [0.1, 0.15) is 6.42 Å². The highest BCUT2D eigenvalue weighted by atomic mass is 35.5. The van der Waals surface area contributed by atoms with Gasteiger partial charge in [0, 0.05) is 20.3 Å². The zero-order valence-corrected chi connectivity index (χ0v) is 15.6. The predicted molar refractivity (Wildman–Crippen MR) is 103 cm³/mol. The molecule has 6 heteroatoms. The molecule has 0 unspecified atom stereocenters. The van der Waals surface area contributed by atoms with Crippen LogP contribution in [0.15, 0.2) is 48.5 Å². The molecule has 0 saturated carbocycles. The van der Waals surface area contributed by atoms with E-state index in [4.69, 9.17) is 25.8 Å². The molecule has 26 heavy (non-hydrogen) atoms. The first-order chi connectivity index (χ1) is 12.7. The minimum atomic E-state index is -0.190. The van der Waals surface area contributed by atoms with Crippen LogP contribution in [0.3, 0.4) is 0 Å². The van der Waals surface area contributed by atoms with Gasteiger partial charge in [-0.1, -0.05) is 48.0 Å². The van der Waals surface area contributed by atoms with Crippen LogP contribution in [-0.4, -0.2) is 46.0 Å². The number of rotatable bonds is 11. The maximum atomic E-state index is 11.8. The fraction of sp³-hybridized carbons (Fsp3) is 0.350. The lowest BCUT2D eigenvalue weighted by molar-refractivity contribution is -0.123. The smallest absolute Gasteiger partial charge is 0.257 e. The summed E-state index contributed by atoms with van der Waals surface area (Å²) in [7, 11) is 1.63. The summed E-state index contributed by atoms with van der Waals surface area (Å²) in [6.45, 7) is 2.18. The van der Waals surface area contributed by atoms with Crippen LogP contribution in [0.4, 0.5) is 0 Å². The Bertz CT molecular complexity index is 679. The van der Waals surface area contributed by atoms with Gasteiger partial charge in [-0.05, 0) is 29.7 Å². The zero-order valence-electron chi connectivity index (χ0n) is 14.9. The molecule has 1 amide bonds. The molecule has 2 rings (SSSR count). The summed E-state index contributed by atoms with van der Waals surface area (Å²) in [6, 6.07) is 15.5. The SMILES string of the molecule is COCCOCCCNC(=O)COc1ccc(-c2ccccc2)cc1Cl. The molecular weight excluding hydrogens is 354 g/mol. The van der Waals surface area contributed by atoms with E-state index >= 15 is 0 Å². The Morgan fingerprint density at radius 1 is 1.04 bits per heavy atom. The molecule has 0 bridgehead atoms. The van der Waals surface area contributed by atoms with E-state index in [2.05, 4.69) is 5.32 Å². The van der Waals surface area contributed by atoms with Gasteiger partial charge < -0.3 is 19.5 Å². The van der Waals surface area contributed by atoms with Gasteiger partial charge in [-0.3, -0.25) is 4.79 Å². The summed E-state index contributed by atoms with van der Waals surface area (Å²) in [4.78, 5) is 11.8. The van der Waals surface area contributed by atoms with E-state index in [9.17, 15) is 4.79 Å². The highest BCUT2D eigenvalue weighted by molar-refractivity contribution is 6.32. The molecule has 0 heterocycles. The molecule has 0 aliphatic carbocycles. The van der Waals surface area contributed by atoms with Crippen LogP contribution in [0.2, 0.25) is 5.02 Å². The van der Waals surface area contributed by atoms with Gasteiger partial charge >= 0.3 is 0 Å². The average molecular weight is 378 g/mol. The standard InChI is InChI=1S/C20H24ClNO4/c1-24-12-13-25-11-5-10-22-20(23)15-26-19-9-8-17(14-18(19)21)16-6-3-2-4-7-16/h2-4,6-9,14H,5,10-13,15H2,1H3,(H,22,23). The van der Waals surface area contributed by atoms with Crippen LogP contribution in [0.5, 0.6) is 5.75 Å². The summed E-state index contributed by atoms with van der Waals surface area (Å²) < 4.78 is 15.7. The number of halogens is 1. The van der Waals surface area contributed by atoms with Crippen molar-refractivity contribution in [2.24, 2.45) is 0 Å². The Kier molecular flexibility index (Phi) is 8.96. The van der Waals surface area contributed by atoms with Gasteiger partial charge in [0.2, 0.25) is 0 Å². The first-order valence-electron chi connectivity index (χ1n) is 8.52. The number of benzene rings is 2. The van der Waals surface area contributed by atoms with Crippen molar-refractivity contribution >= 4 is 17.5 Å². The Labute approximate surface area is 159 Å². The largest absolute Gasteiger partial charge is 0.482 e. The van der Waals surface area contributed by atoms with E-state index < -0.39 is 0 Å². The van der Waals surface area contributed by atoms with Crippen molar-refractivity contribution < 1.29 is 19.0 Å². The summed E-state index contributed by atoms with van der Waals surface area (Å²) in [5, 5.41) is 3.26. The van der Waals surface area contributed by atoms with Gasteiger partial charge in [-0.25, -0.2) is 0 Å². The maximum Gasteiger partial charge on any atom is 0.257 e.